The molecule has 0 aliphatic carbocycles. The number of hydrogen-bond donors (Lipinski definition) is 2. The Balaban J connectivity index is 2.62. The Morgan fingerprint density at radius 2 is 2.46 bits per heavy atom. The summed E-state index contributed by atoms with van der Waals surface area (Å²) in [5.41, 5.74) is 5.80. The number of imidazole rings is 1. The highest BCUT2D eigenvalue weighted by atomic mass is 16.5. The average molecular weight is 185 g/mol. The molecule has 1 heterocycles. The van der Waals surface area contributed by atoms with Crippen molar-refractivity contribution in [3.05, 3.63) is 18.7 Å². The van der Waals surface area contributed by atoms with Gasteiger partial charge in [0.1, 0.15) is 0 Å². The molecule has 0 saturated carbocycles. The van der Waals surface area contributed by atoms with Crippen LogP contribution in [0, 0.1) is 0 Å². The summed E-state index contributed by atoms with van der Waals surface area (Å²) < 4.78 is 6.70. The molecule has 0 radical (unpaired) electrons. The molecule has 5 heteroatoms. The van der Waals surface area contributed by atoms with Crippen molar-refractivity contribution in [3.63, 3.8) is 0 Å². The third kappa shape index (κ3) is 2.51. The lowest BCUT2D eigenvalue weighted by Crippen LogP contribution is -2.37. The zero-order valence-electron chi connectivity index (χ0n) is 7.63. The average Bonchev–Trinajstić information content (AvgIpc) is 2.59. The number of aromatic nitrogens is 2. The molecule has 74 valence electrons. The lowest BCUT2D eigenvalue weighted by atomic mass is 10.1. The predicted molar refractivity (Wildman–Crippen MR) is 48.2 cm³/mol. The number of methoxy groups -OCH3 is 1. The number of aliphatic hydroxyl groups excluding tert-OH is 1. The largest absolute Gasteiger partial charge is 0.394 e. The minimum Gasteiger partial charge on any atom is -0.394 e. The molecule has 0 aromatic carbocycles. The van der Waals surface area contributed by atoms with Gasteiger partial charge in [-0.05, 0) is 0 Å². The van der Waals surface area contributed by atoms with E-state index in [9.17, 15) is 0 Å². The monoisotopic (exact) mass is 185 g/mol. The highest BCUT2D eigenvalue weighted by Gasteiger charge is 2.17. The molecule has 1 aromatic heterocycles. The van der Waals surface area contributed by atoms with Crippen molar-refractivity contribution >= 4 is 0 Å². The van der Waals surface area contributed by atoms with Crippen molar-refractivity contribution in [2.75, 3.05) is 20.3 Å². The second-order valence-corrected chi connectivity index (χ2v) is 2.88. The summed E-state index contributed by atoms with van der Waals surface area (Å²) in [6, 6.07) is -0.383. The highest BCUT2D eigenvalue weighted by molar-refractivity contribution is 4.85. The van der Waals surface area contributed by atoms with E-state index in [4.69, 9.17) is 15.6 Å². The summed E-state index contributed by atoms with van der Waals surface area (Å²) in [5.74, 6) is 0. The van der Waals surface area contributed by atoms with Crippen LogP contribution < -0.4 is 5.73 Å². The summed E-state index contributed by atoms with van der Waals surface area (Å²) in [4.78, 5) is 3.89. The molecule has 0 spiro atoms. The van der Waals surface area contributed by atoms with Crippen LogP contribution in [-0.4, -0.2) is 41.0 Å². The summed E-state index contributed by atoms with van der Waals surface area (Å²) >= 11 is 0. The topological polar surface area (TPSA) is 73.3 Å². The minimum atomic E-state index is -0.218. The van der Waals surface area contributed by atoms with Crippen molar-refractivity contribution in [2.24, 2.45) is 5.73 Å². The van der Waals surface area contributed by atoms with Gasteiger partial charge in [-0.2, -0.15) is 0 Å². The maximum Gasteiger partial charge on any atom is 0.0949 e. The molecule has 0 aliphatic rings. The van der Waals surface area contributed by atoms with Gasteiger partial charge in [-0.15, -0.1) is 0 Å². The van der Waals surface area contributed by atoms with Gasteiger partial charge in [-0.3, -0.25) is 0 Å². The van der Waals surface area contributed by atoms with Crippen LogP contribution in [0.4, 0.5) is 0 Å². The molecule has 3 N–H and O–H groups in total. The van der Waals surface area contributed by atoms with Crippen molar-refractivity contribution in [1.82, 2.24) is 9.55 Å². The van der Waals surface area contributed by atoms with Crippen LogP contribution in [0.25, 0.3) is 0 Å². The normalized spacial score (nSPS) is 15.6. The van der Waals surface area contributed by atoms with E-state index in [1.54, 1.807) is 30.4 Å². The SMILES string of the molecule is COCC(N)C(CO)n1ccnc1. The van der Waals surface area contributed by atoms with E-state index in [1.807, 2.05) is 0 Å². The molecule has 0 fully saturated rings. The van der Waals surface area contributed by atoms with Crippen LogP contribution in [-0.2, 0) is 4.74 Å². The Hall–Kier alpha value is -0.910. The fraction of sp³-hybridized carbons (Fsp3) is 0.625. The fourth-order valence-corrected chi connectivity index (χ4v) is 1.22. The van der Waals surface area contributed by atoms with Crippen LogP contribution >= 0.6 is 0 Å². The Labute approximate surface area is 77.1 Å². The van der Waals surface area contributed by atoms with Gasteiger partial charge in [-0.1, -0.05) is 0 Å². The highest BCUT2D eigenvalue weighted by Crippen LogP contribution is 2.08. The maximum absolute atomic E-state index is 9.11. The Morgan fingerprint density at radius 3 is 2.92 bits per heavy atom. The Morgan fingerprint density at radius 1 is 1.69 bits per heavy atom. The number of ether oxygens (including phenoxy) is 1. The Kier molecular flexibility index (Phi) is 3.88. The van der Waals surface area contributed by atoms with Crippen molar-refractivity contribution < 1.29 is 9.84 Å². The maximum atomic E-state index is 9.11. The molecular weight excluding hydrogens is 170 g/mol. The van der Waals surface area contributed by atoms with Gasteiger partial charge < -0.3 is 20.1 Å². The Bertz CT molecular complexity index is 225. The van der Waals surface area contributed by atoms with Gasteiger partial charge in [0.2, 0.25) is 0 Å². The van der Waals surface area contributed by atoms with Gasteiger partial charge in [0, 0.05) is 19.5 Å². The van der Waals surface area contributed by atoms with Gasteiger partial charge in [0.25, 0.3) is 0 Å². The summed E-state index contributed by atoms with van der Waals surface area (Å²) in [6.07, 6.45) is 5.06. The third-order valence-electron chi connectivity index (χ3n) is 1.95. The first-order valence-corrected chi connectivity index (χ1v) is 4.12. The number of aliphatic hydroxyl groups is 1. The quantitative estimate of drug-likeness (QED) is 0.642. The number of nitrogens with two attached hydrogens (primary N) is 1. The first-order valence-electron chi connectivity index (χ1n) is 4.12. The second kappa shape index (κ2) is 4.96. The number of rotatable bonds is 5. The van der Waals surface area contributed by atoms with Crippen molar-refractivity contribution in [2.45, 2.75) is 12.1 Å². The van der Waals surface area contributed by atoms with E-state index in [2.05, 4.69) is 4.98 Å². The lowest BCUT2D eigenvalue weighted by Gasteiger charge is -2.22. The first kappa shape index (κ1) is 10.2. The summed E-state index contributed by atoms with van der Waals surface area (Å²) in [5, 5.41) is 9.11. The molecule has 13 heavy (non-hydrogen) atoms. The molecule has 1 aromatic rings. The van der Waals surface area contributed by atoms with Crippen LogP contribution in [0.5, 0.6) is 0 Å². The smallest absolute Gasteiger partial charge is 0.0949 e. The standard InChI is InChI=1S/C8H15N3O2/c1-13-5-7(9)8(4-12)11-3-2-10-6-11/h2-3,6-8,12H,4-5,9H2,1H3. The second-order valence-electron chi connectivity index (χ2n) is 2.88. The third-order valence-corrected chi connectivity index (χ3v) is 1.95. The zero-order chi connectivity index (χ0) is 9.68. The fourth-order valence-electron chi connectivity index (χ4n) is 1.22. The predicted octanol–water partition coefficient (Wildman–Crippen LogP) is -0.610. The van der Waals surface area contributed by atoms with Gasteiger partial charge in [0.15, 0.2) is 0 Å². The first-order chi connectivity index (χ1) is 6.29. The molecule has 5 nitrogen and oxygen atoms in total. The van der Waals surface area contributed by atoms with E-state index in [0.717, 1.165) is 0 Å². The number of hydrogen-bond acceptors (Lipinski definition) is 4. The van der Waals surface area contributed by atoms with Crippen molar-refractivity contribution in [3.8, 4) is 0 Å². The lowest BCUT2D eigenvalue weighted by molar-refractivity contribution is 0.130. The molecule has 0 saturated heterocycles. The van der Waals surface area contributed by atoms with Gasteiger partial charge in [-0.25, -0.2) is 4.98 Å². The minimum absolute atomic E-state index is 0.0130. The summed E-state index contributed by atoms with van der Waals surface area (Å²) in [7, 11) is 1.59. The van der Waals surface area contributed by atoms with E-state index in [0.29, 0.717) is 6.61 Å². The van der Waals surface area contributed by atoms with E-state index in [1.165, 1.54) is 0 Å². The molecule has 0 amide bonds. The van der Waals surface area contributed by atoms with Crippen LogP contribution in [0.15, 0.2) is 18.7 Å². The van der Waals surface area contributed by atoms with Crippen LogP contribution in [0.3, 0.4) is 0 Å². The van der Waals surface area contributed by atoms with Crippen LogP contribution in [0.2, 0.25) is 0 Å². The van der Waals surface area contributed by atoms with Crippen molar-refractivity contribution in [1.29, 1.82) is 0 Å². The molecular formula is C8H15N3O2. The van der Waals surface area contributed by atoms with Gasteiger partial charge >= 0.3 is 0 Å². The van der Waals surface area contributed by atoms with Crippen LogP contribution in [0.1, 0.15) is 6.04 Å². The molecule has 1 rings (SSSR count). The summed E-state index contributed by atoms with van der Waals surface area (Å²) in [6.45, 7) is 0.407. The van der Waals surface area contributed by atoms with E-state index < -0.39 is 0 Å². The van der Waals surface area contributed by atoms with E-state index >= 15 is 0 Å². The molecule has 2 unspecified atom stereocenters. The van der Waals surface area contributed by atoms with E-state index in [-0.39, 0.29) is 18.7 Å². The van der Waals surface area contributed by atoms with Gasteiger partial charge in [0.05, 0.1) is 31.6 Å². The number of nitrogens with zero attached hydrogens (tertiary/aromatic N) is 2. The molecule has 2 atom stereocenters. The molecule has 0 bridgehead atoms. The molecule has 0 aliphatic heterocycles. The zero-order valence-corrected chi connectivity index (χ0v) is 7.63.